The SMILES string of the molecule is CCn1cc(C(=O)O)c(=O)c2cc(C#CCOCCOCCN)ccc21. The fourth-order valence-corrected chi connectivity index (χ4v) is 2.45. The molecule has 0 aliphatic carbocycles. The van der Waals surface area contributed by atoms with Crippen LogP contribution in [0.5, 0.6) is 0 Å². The van der Waals surface area contributed by atoms with Crippen molar-refractivity contribution in [2.75, 3.05) is 33.0 Å². The average molecular weight is 358 g/mol. The minimum absolute atomic E-state index is 0.235. The molecule has 26 heavy (non-hydrogen) atoms. The van der Waals surface area contributed by atoms with Gasteiger partial charge in [-0.15, -0.1) is 0 Å². The predicted octanol–water partition coefficient (Wildman–Crippen LogP) is 1.06. The monoisotopic (exact) mass is 358 g/mol. The fourth-order valence-electron chi connectivity index (χ4n) is 2.45. The summed E-state index contributed by atoms with van der Waals surface area (Å²) in [5.41, 5.74) is 5.86. The highest BCUT2D eigenvalue weighted by Gasteiger charge is 2.14. The second kappa shape index (κ2) is 9.73. The Kier molecular flexibility index (Phi) is 7.36. The van der Waals surface area contributed by atoms with E-state index in [1.54, 1.807) is 22.8 Å². The normalized spacial score (nSPS) is 10.5. The quantitative estimate of drug-likeness (QED) is 0.540. The number of pyridine rings is 1. The Morgan fingerprint density at radius 1 is 1.27 bits per heavy atom. The van der Waals surface area contributed by atoms with Crippen LogP contribution in [0.15, 0.2) is 29.2 Å². The lowest BCUT2D eigenvalue weighted by molar-refractivity contribution is 0.0636. The second-order valence-corrected chi connectivity index (χ2v) is 5.45. The van der Waals surface area contributed by atoms with Gasteiger partial charge < -0.3 is 24.9 Å². The molecule has 0 fully saturated rings. The zero-order valence-corrected chi connectivity index (χ0v) is 14.7. The number of carboxylic acid groups (broad SMARTS) is 1. The first kappa shape index (κ1) is 19.7. The van der Waals surface area contributed by atoms with Crippen LogP contribution in [0, 0.1) is 11.8 Å². The van der Waals surface area contributed by atoms with Gasteiger partial charge >= 0.3 is 5.97 Å². The maximum Gasteiger partial charge on any atom is 0.341 e. The Hall–Kier alpha value is -2.66. The molecular formula is C19H22N2O5. The molecule has 3 N–H and O–H groups in total. The van der Waals surface area contributed by atoms with E-state index >= 15 is 0 Å². The number of fused-ring (bicyclic) bond motifs is 1. The highest BCUT2D eigenvalue weighted by atomic mass is 16.5. The van der Waals surface area contributed by atoms with E-state index in [0.717, 1.165) is 0 Å². The van der Waals surface area contributed by atoms with Crippen LogP contribution in [-0.4, -0.2) is 48.6 Å². The molecule has 7 heteroatoms. The van der Waals surface area contributed by atoms with E-state index < -0.39 is 11.4 Å². The second-order valence-electron chi connectivity index (χ2n) is 5.45. The number of carboxylic acids is 1. The van der Waals surface area contributed by atoms with Crippen molar-refractivity contribution < 1.29 is 19.4 Å². The molecule has 138 valence electrons. The van der Waals surface area contributed by atoms with Crippen LogP contribution < -0.4 is 11.2 Å². The van der Waals surface area contributed by atoms with Crippen LogP contribution in [0.4, 0.5) is 0 Å². The summed E-state index contributed by atoms with van der Waals surface area (Å²) in [4.78, 5) is 23.7. The Morgan fingerprint density at radius 3 is 2.73 bits per heavy atom. The molecule has 2 rings (SSSR count). The van der Waals surface area contributed by atoms with Gasteiger partial charge in [-0.3, -0.25) is 4.79 Å². The number of aromatic carboxylic acids is 1. The number of nitrogens with zero attached hydrogens (tertiary/aromatic N) is 1. The number of benzene rings is 1. The summed E-state index contributed by atoms with van der Waals surface area (Å²) in [6, 6.07) is 5.19. The lowest BCUT2D eigenvalue weighted by Crippen LogP contribution is -2.18. The zero-order valence-electron chi connectivity index (χ0n) is 14.7. The van der Waals surface area contributed by atoms with E-state index in [1.165, 1.54) is 6.20 Å². The van der Waals surface area contributed by atoms with Crippen molar-refractivity contribution in [2.45, 2.75) is 13.5 Å². The van der Waals surface area contributed by atoms with Gasteiger partial charge in [0.1, 0.15) is 12.2 Å². The molecule has 0 radical (unpaired) electrons. The van der Waals surface area contributed by atoms with Crippen LogP contribution in [0.25, 0.3) is 10.9 Å². The van der Waals surface area contributed by atoms with Crippen molar-refractivity contribution in [2.24, 2.45) is 5.73 Å². The first-order valence-electron chi connectivity index (χ1n) is 8.33. The number of aryl methyl sites for hydroxylation is 1. The van der Waals surface area contributed by atoms with Gasteiger partial charge in [0, 0.05) is 30.2 Å². The third-order valence-corrected chi connectivity index (χ3v) is 3.69. The maximum atomic E-state index is 12.4. The van der Waals surface area contributed by atoms with Crippen LogP contribution in [0.2, 0.25) is 0 Å². The topological polar surface area (TPSA) is 104 Å². The maximum absolute atomic E-state index is 12.4. The van der Waals surface area contributed by atoms with Crippen LogP contribution in [0.3, 0.4) is 0 Å². The van der Waals surface area contributed by atoms with Crippen LogP contribution in [-0.2, 0) is 16.0 Å². The fraction of sp³-hybridized carbons (Fsp3) is 0.368. The van der Waals surface area contributed by atoms with Gasteiger partial charge in [0.25, 0.3) is 0 Å². The van der Waals surface area contributed by atoms with Gasteiger partial charge in [-0.2, -0.15) is 0 Å². The molecular weight excluding hydrogens is 336 g/mol. The minimum Gasteiger partial charge on any atom is -0.477 e. The minimum atomic E-state index is -1.24. The van der Waals surface area contributed by atoms with Crippen molar-refractivity contribution >= 4 is 16.9 Å². The molecule has 0 bridgehead atoms. The van der Waals surface area contributed by atoms with Crippen molar-refractivity contribution in [1.29, 1.82) is 0 Å². The van der Waals surface area contributed by atoms with Crippen LogP contribution in [0.1, 0.15) is 22.8 Å². The number of nitrogens with two attached hydrogens (primary N) is 1. The van der Waals surface area contributed by atoms with E-state index in [4.69, 9.17) is 15.2 Å². The molecule has 0 saturated carbocycles. The molecule has 0 aliphatic rings. The summed E-state index contributed by atoms with van der Waals surface area (Å²) in [5, 5.41) is 9.56. The molecule has 0 amide bonds. The third-order valence-electron chi connectivity index (χ3n) is 3.69. The predicted molar refractivity (Wildman–Crippen MR) is 98.4 cm³/mol. The number of carbonyl (C=O) groups is 1. The van der Waals surface area contributed by atoms with E-state index in [9.17, 15) is 14.7 Å². The third kappa shape index (κ3) is 4.92. The summed E-state index contributed by atoms with van der Waals surface area (Å²) in [6.07, 6.45) is 1.37. The smallest absolute Gasteiger partial charge is 0.341 e. The van der Waals surface area contributed by atoms with Crippen LogP contribution >= 0.6 is 0 Å². The zero-order chi connectivity index (χ0) is 18.9. The van der Waals surface area contributed by atoms with Gasteiger partial charge in [-0.25, -0.2) is 4.79 Å². The van der Waals surface area contributed by atoms with Crippen molar-refractivity contribution in [3.8, 4) is 11.8 Å². The summed E-state index contributed by atoms with van der Waals surface area (Å²) in [7, 11) is 0. The standard InChI is InChI=1S/C19H22N2O5/c1-2-21-13-16(19(23)24)18(22)15-12-14(5-6-17(15)21)4-3-8-25-10-11-26-9-7-20/h5-6,12-13H,2,7-11,20H2,1H3,(H,23,24). The Bertz CT molecular complexity index is 892. The van der Waals surface area contributed by atoms with Crippen molar-refractivity contribution in [1.82, 2.24) is 4.57 Å². The number of rotatable bonds is 8. The molecule has 1 aromatic carbocycles. The lowest BCUT2D eigenvalue weighted by atomic mass is 10.1. The Balaban J connectivity index is 2.16. The molecule has 7 nitrogen and oxygen atoms in total. The number of ether oxygens (including phenoxy) is 2. The highest BCUT2D eigenvalue weighted by molar-refractivity contribution is 5.92. The molecule has 0 saturated heterocycles. The Labute approximate surface area is 151 Å². The van der Waals surface area contributed by atoms with Gasteiger partial charge in [-0.05, 0) is 25.1 Å². The average Bonchev–Trinajstić information content (AvgIpc) is 2.64. The summed E-state index contributed by atoms with van der Waals surface area (Å²) >= 11 is 0. The van der Waals surface area contributed by atoms with E-state index in [1.807, 2.05) is 6.92 Å². The number of aromatic nitrogens is 1. The Morgan fingerprint density at radius 2 is 2.04 bits per heavy atom. The van der Waals surface area contributed by atoms with Gasteiger partial charge in [0.2, 0.25) is 5.43 Å². The summed E-state index contributed by atoms with van der Waals surface area (Å²) in [6.45, 7) is 4.54. The number of hydrogen-bond acceptors (Lipinski definition) is 5. The van der Waals surface area contributed by atoms with Crippen molar-refractivity contribution in [3.63, 3.8) is 0 Å². The molecule has 1 heterocycles. The first-order chi connectivity index (χ1) is 12.6. The molecule has 0 spiro atoms. The molecule has 1 aromatic heterocycles. The summed E-state index contributed by atoms with van der Waals surface area (Å²) in [5.74, 6) is 4.55. The molecule has 0 atom stereocenters. The summed E-state index contributed by atoms with van der Waals surface area (Å²) < 4.78 is 12.2. The van der Waals surface area contributed by atoms with Crippen molar-refractivity contribution in [3.05, 3.63) is 45.7 Å². The van der Waals surface area contributed by atoms with E-state index in [0.29, 0.717) is 49.4 Å². The highest BCUT2D eigenvalue weighted by Crippen LogP contribution is 2.14. The van der Waals surface area contributed by atoms with Gasteiger partial charge in [-0.1, -0.05) is 11.8 Å². The molecule has 0 unspecified atom stereocenters. The molecule has 0 aliphatic heterocycles. The first-order valence-corrected chi connectivity index (χ1v) is 8.33. The molecule has 2 aromatic rings. The van der Waals surface area contributed by atoms with Gasteiger partial charge in [0.05, 0.1) is 25.3 Å². The largest absolute Gasteiger partial charge is 0.477 e. The van der Waals surface area contributed by atoms with Gasteiger partial charge in [0.15, 0.2) is 0 Å². The lowest BCUT2D eigenvalue weighted by Gasteiger charge is -2.10. The number of hydrogen-bond donors (Lipinski definition) is 2. The van der Waals surface area contributed by atoms with E-state index in [2.05, 4.69) is 11.8 Å². The van der Waals surface area contributed by atoms with E-state index in [-0.39, 0.29) is 12.2 Å².